The van der Waals surface area contributed by atoms with E-state index in [1.165, 1.54) is 0 Å². The Kier molecular flexibility index (Phi) is 5.60. The standard InChI is InChI=1S/C45H25N3O2/c1-2-11-27(12-3-1)43-46-44(34-17-10-20-38-41(34)33-16-7-9-19-37(33)49-38)48-45(47-43)35-25-28-22-21-26-23-24-32-30-14-6-8-18-36(30)50-42(32)40(26)39(28)31-15-5-4-13-29(31)35/h1-25H. The van der Waals surface area contributed by atoms with E-state index in [0.717, 1.165) is 92.9 Å². The molecule has 232 valence electrons. The minimum Gasteiger partial charge on any atom is -0.456 e. The van der Waals surface area contributed by atoms with Gasteiger partial charge in [0.05, 0.1) is 0 Å². The predicted octanol–water partition coefficient (Wildman–Crippen LogP) is 12.1. The number of aromatic nitrogens is 3. The number of para-hydroxylation sites is 2. The molecule has 0 fully saturated rings. The Balaban J connectivity index is 1.23. The van der Waals surface area contributed by atoms with E-state index in [-0.39, 0.29) is 0 Å². The van der Waals surface area contributed by atoms with Crippen LogP contribution in [0.2, 0.25) is 0 Å². The average Bonchev–Trinajstić information content (AvgIpc) is 3.76. The molecule has 3 aromatic heterocycles. The summed E-state index contributed by atoms with van der Waals surface area (Å²) in [6, 6.07) is 52.1. The number of rotatable bonds is 3. The first-order chi connectivity index (χ1) is 24.8. The van der Waals surface area contributed by atoms with Crippen molar-refractivity contribution in [3.63, 3.8) is 0 Å². The highest BCUT2D eigenvalue weighted by molar-refractivity contribution is 6.30. The van der Waals surface area contributed by atoms with Crippen LogP contribution < -0.4 is 0 Å². The maximum atomic E-state index is 6.59. The zero-order valence-electron chi connectivity index (χ0n) is 26.6. The summed E-state index contributed by atoms with van der Waals surface area (Å²) < 4.78 is 12.8. The third-order valence-electron chi connectivity index (χ3n) is 9.90. The zero-order valence-corrected chi connectivity index (χ0v) is 26.6. The van der Waals surface area contributed by atoms with Gasteiger partial charge in [0.2, 0.25) is 0 Å². The fraction of sp³-hybridized carbons (Fsp3) is 0. The van der Waals surface area contributed by atoms with Crippen molar-refractivity contribution < 1.29 is 8.83 Å². The Hall–Kier alpha value is -6.85. The molecule has 0 spiro atoms. The molecule has 0 aliphatic heterocycles. The molecule has 5 nitrogen and oxygen atoms in total. The van der Waals surface area contributed by atoms with Crippen LogP contribution in [0.25, 0.3) is 110 Å². The van der Waals surface area contributed by atoms with Crippen molar-refractivity contribution in [2.24, 2.45) is 0 Å². The number of hydrogen-bond donors (Lipinski definition) is 0. The predicted molar refractivity (Wildman–Crippen MR) is 203 cm³/mol. The Morgan fingerprint density at radius 3 is 1.80 bits per heavy atom. The smallest absolute Gasteiger partial charge is 0.164 e. The average molecular weight is 640 g/mol. The quantitative estimate of drug-likeness (QED) is 0.180. The van der Waals surface area contributed by atoms with Crippen molar-refractivity contribution in [2.45, 2.75) is 0 Å². The third kappa shape index (κ3) is 3.92. The third-order valence-corrected chi connectivity index (χ3v) is 9.90. The number of nitrogens with zero attached hydrogens (tertiary/aromatic N) is 3. The largest absolute Gasteiger partial charge is 0.456 e. The Morgan fingerprint density at radius 2 is 0.960 bits per heavy atom. The number of furan rings is 2. The van der Waals surface area contributed by atoms with Crippen LogP contribution >= 0.6 is 0 Å². The molecule has 11 rings (SSSR count). The van der Waals surface area contributed by atoms with E-state index in [0.29, 0.717) is 17.5 Å². The van der Waals surface area contributed by atoms with Crippen molar-refractivity contribution in [3.8, 4) is 34.2 Å². The van der Waals surface area contributed by atoms with Gasteiger partial charge in [-0.15, -0.1) is 0 Å². The molecule has 11 aromatic rings. The Morgan fingerprint density at radius 1 is 0.340 bits per heavy atom. The summed E-state index contributed by atoms with van der Waals surface area (Å²) in [7, 11) is 0. The lowest BCUT2D eigenvalue weighted by molar-refractivity contribution is 0.669. The first kappa shape index (κ1) is 27.1. The number of hydrogen-bond acceptors (Lipinski definition) is 5. The van der Waals surface area contributed by atoms with Crippen molar-refractivity contribution in [3.05, 3.63) is 152 Å². The van der Waals surface area contributed by atoms with E-state index in [4.69, 9.17) is 23.8 Å². The molecule has 50 heavy (non-hydrogen) atoms. The van der Waals surface area contributed by atoms with E-state index in [1.54, 1.807) is 0 Å². The van der Waals surface area contributed by atoms with E-state index in [1.807, 2.05) is 72.8 Å². The molecule has 8 aromatic carbocycles. The minimum atomic E-state index is 0.595. The second kappa shape index (κ2) is 10.3. The van der Waals surface area contributed by atoms with Crippen LogP contribution in [-0.2, 0) is 0 Å². The van der Waals surface area contributed by atoms with Crippen LogP contribution in [0.15, 0.2) is 160 Å². The summed E-state index contributed by atoms with van der Waals surface area (Å²) in [6.07, 6.45) is 0. The number of benzene rings is 8. The molecule has 0 bridgehead atoms. The van der Waals surface area contributed by atoms with Gasteiger partial charge in [0.1, 0.15) is 22.3 Å². The summed E-state index contributed by atoms with van der Waals surface area (Å²) in [5.74, 6) is 1.82. The second-order valence-electron chi connectivity index (χ2n) is 12.7. The first-order valence-corrected chi connectivity index (χ1v) is 16.7. The van der Waals surface area contributed by atoms with Crippen molar-refractivity contribution >= 4 is 76.2 Å². The fourth-order valence-corrected chi connectivity index (χ4v) is 7.67. The zero-order chi connectivity index (χ0) is 32.8. The van der Waals surface area contributed by atoms with Crippen LogP contribution in [0, 0.1) is 0 Å². The number of fused-ring (bicyclic) bond motifs is 12. The summed E-state index contributed by atoms with van der Waals surface area (Å²) in [5.41, 5.74) is 6.18. The lowest BCUT2D eigenvalue weighted by Crippen LogP contribution is -2.01. The van der Waals surface area contributed by atoms with Crippen molar-refractivity contribution in [1.82, 2.24) is 15.0 Å². The molecular weight excluding hydrogens is 615 g/mol. The summed E-state index contributed by atoms with van der Waals surface area (Å²) in [5, 5.41) is 10.9. The van der Waals surface area contributed by atoms with Crippen molar-refractivity contribution in [2.75, 3.05) is 0 Å². The molecular formula is C45H25N3O2. The van der Waals surface area contributed by atoms with Gasteiger partial charge in [0.15, 0.2) is 17.5 Å². The van der Waals surface area contributed by atoms with Gasteiger partial charge in [0, 0.05) is 49.0 Å². The van der Waals surface area contributed by atoms with Crippen molar-refractivity contribution in [1.29, 1.82) is 0 Å². The molecule has 0 atom stereocenters. The van der Waals surface area contributed by atoms with Crippen LogP contribution in [0.4, 0.5) is 0 Å². The second-order valence-corrected chi connectivity index (χ2v) is 12.7. The molecule has 0 saturated heterocycles. The molecule has 0 aliphatic carbocycles. The van der Waals surface area contributed by atoms with Crippen LogP contribution in [0.5, 0.6) is 0 Å². The topological polar surface area (TPSA) is 65.0 Å². The molecule has 5 heteroatoms. The maximum absolute atomic E-state index is 6.59. The normalized spacial score (nSPS) is 12.0. The minimum absolute atomic E-state index is 0.595. The first-order valence-electron chi connectivity index (χ1n) is 16.7. The van der Waals surface area contributed by atoms with E-state index in [9.17, 15) is 0 Å². The molecule has 0 aliphatic rings. The van der Waals surface area contributed by atoms with Gasteiger partial charge in [-0.05, 0) is 51.9 Å². The monoisotopic (exact) mass is 639 g/mol. The summed E-state index contributed by atoms with van der Waals surface area (Å²) in [6.45, 7) is 0. The van der Waals surface area contributed by atoms with Crippen LogP contribution in [0.3, 0.4) is 0 Å². The van der Waals surface area contributed by atoms with Gasteiger partial charge in [0.25, 0.3) is 0 Å². The lowest BCUT2D eigenvalue weighted by Gasteiger charge is -2.14. The molecule has 0 radical (unpaired) electrons. The molecule has 0 unspecified atom stereocenters. The van der Waals surface area contributed by atoms with E-state index >= 15 is 0 Å². The molecule has 0 N–H and O–H groups in total. The Labute approximate surface area is 285 Å². The molecule has 0 amide bonds. The Bertz CT molecular complexity index is 3160. The highest BCUT2D eigenvalue weighted by atomic mass is 16.3. The van der Waals surface area contributed by atoms with Gasteiger partial charge in [-0.1, -0.05) is 121 Å². The highest BCUT2D eigenvalue weighted by Gasteiger charge is 2.21. The molecule has 0 saturated carbocycles. The van der Waals surface area contributed by atoms with Gasteiger partial charge in [-0.2, -0.15) is 0 Å². The van der Waals surface area contributed by atoms with E-state index < -0.39 is 0 Å². The van der Waals surface area contributed by atoms with Crippen LogP contribution in [0.1, 0.15) is 0 Å². The molecule has 3 heterocycles. The van der Waals surface area contributed by atoms with Gasteiger partial charge >= 0.3 is 0 Å². The summed E-state index contributed by atoms with van der Waals surface area (Å²) in [4.78, 5) is 15.5. The van der Waals surface area contributed by atoms with Gasteiger partial charge < -0.3 is 8.83 Å². The van der Waals surface area contributed by atoms with Gasteiger partial charge in [-0.3, -0.25) is 0 Å². The van der Waals surface area contributed by atoms with Gasteiger partial charge in [-0.25, -0.2) is 15.0 Å². The SMILES string of the molecule is c1ccc(-c2nc(-c3cc4ccc5ccc6c7ccccc7oc6c5c4c4ccccc34)nc(-c3cccc4oc5ccccc5c34)n2)cc1. The fourth-order valence-electron chi connectivity index (χ4n) is 7.67. The van der Waals surface area contributed by atoms with E-state index in [2.05, 4.69) is 78.9 Å². The highest BCUT2D eigenvalue weighted by Crippen LogP contribution is 2.43. The van der Waals surface area contributed by atoms with Crippen LogP contribution in [-0.4, -0.2) is 15.0 Å². The maximum Gasteiger partial charge on any atom is 0.164 e. The summed E-state index contributed by atoms with van der Waals surface area (Å²) >= 11 is 0. The lowest BCUT2D eigenvalue weighted by atomic mass is 9.92.